The molecule has 0 aliphatic heterocycles. The van der Waals surface area contributed by atoms with E-state index in [9.17, 15) is 14.4 Å². The van der Waals surface area contributed by atoms with Crippen molar-refractivity contribution in [2.75, 3.05) is 13.2 Å². The van der Waals surface area contributed by atoms with Gasteiger partial charge in [0.2, 0.25) is 0 Å². The number of unbranched alkanes of at least 4 members (excludes halogenated alkanes) is 19. The Morgan fingerprint density at radius 3 is 1.41 bits per heavy atom. The summed E-state index contributed by atoms with van der Waals surface area (Å²) in [6.07, 6.45) is 45.6. The van der Waals surface area contributed by atoms with Crippen molar-refractivity contribution in [1.29, 1.82) is 0 Å². The van der Waals surface area contributed by atoms with Gasteiger partial charge >= 0.3 is 17.9 Å². The van der Waals surface area contributed by atoms with Crippen molar-refractivity contribution in [1.82, 2.24) is 0 Å². The fraction of sp³-hybridized carbons (Fsp3) is 0.756. The highest BCUT2D eigenvalue weighted by molar-refractivity contribution is 5.72. The van der Waals surface area contributed by atoms with E-state index >= 15 is 0 Å². The number of hydrogen-bond acceptors (Lipinski definition) is 6. The first-order valence-electron chi connectivity index (χ1n) is 21.1. The van der Waals surface area contributed by atoms with Crippen molar-refractivity contribution < 1.29 is 28.6 Å². The van der Waals surface area contributed by atoms with E-state index in [0.29, 0.717) is 12.8 Å². The van der Waals surface area contributed by atoms with Gasteiger partial charge in [-0.3, -0.25) is 14.4 Å². The van der Waals surface area contributed by atoms with Crippen molar-refractivity contribution in [2.24, 2.45) is 0 Å². The molecule has 0 saturated heterocycles. The maximum absolute atomic E-state index is 12.6. The Kier molecular flexibility index (Phi) is 38.1. The third-order valence-corrected chi connectivity index (χ3v) is 8.85. The van der Waals surface area contributed by atoms with Gasteiger partial charge in [-0.25, -0.2) is 0 Å². The van der Waals surface area contributed by atoms with Crippen LogP contribution < -0.4 is 0 Å². The summed E-state index contributed by atoms with van der Waals surface area (Å²) < 4.78 is 16.5. The summed E-state index contributed by atoms with van der Waals surface area (Å²) >= 11 is 0. The van der Waals surface area contributed by atoms with Gasteiger partial charge in [0.1, 0.15) is 13.2 Å². The Morgan fingerprint density at radius 2 is 0.863 bits per heavy atom. The van der Waals surface area contributed by atoms with E-state index in [4.69, 9.17) is 14.2 Å². The summed E-state index contributed by atoms with van der Waals surface area (Å²) in [4.78, 5) is 37.4. The van der Waals surface area contributed by atoms with Crippen LogP contribution in [0.4, 0.5) is 0 Å². The molecule has 6 nitrogen and oxygen atoms in total. The third kappa shape index (κ3) is 38.4. The Labute approximate surface area is 314 Å². The molecule has 0 aliphatic carbocycles. The number of esters is 3. The zero-order valence-corrected chi connectivity index (χ0v) is 33.4. The van der Waals surface area contributed by atoms with Crippen LogP contribution in [-0.4, -0.2) is 37.2 Å². The van der Waals surface area contributed by atoms with Crippen LogP contribution in [0.3, 0.4) is 0 Å². The number of allylic oxidation sites excluding steroid dienone is 7. The molecule has 0 radical (unpaired) electrons. The van der Waals surface area contributed by atoms with E-state index in [1.165, 1.54) is 83.5 Å². The number of carbonyl (C=O) groups excluding carboxylic acids is 3. The molecule has 0 aliphatic rings. The Bertz CT molecular complexity index is 918. The number of hydrogen-bond donors (Lipinski definition) is 0. The number of rotatable bonds is 37. The molecule has 0 aromatic carbocycles. The predicted molar refractivity (Wildman–Crippen MR) is 215 cm³/mol. The summed E-state index contributed by atoms with van der Waals surface area (Å²) in [6, 6.07) is 0. The molecule has 0 amide bonds. The van der Waals surface area contributed by atoms with E-state index in [1.807, 2.05) is 6.08 Å². The molecule has 0 N–H and O–H groups in total. The minimum Gasteiger partial charge on any atom is -0.462 e. The number of ether oxygens (including phenoxy) is 3. The number of carbonyl (C=O) groups is 3. The van der Waals surface area contributed by atoms with Crippen LogP contribution in [0.15, 0.2) is 48.6 Å². The predicted octanol–water partition coefficient (Wildman–Crippen LogP) is 13.2. The highest BCUT2D eigenvalue weighted by Crippen LogP contribution is 2.14. The molecule has 0 saturated carbocycles. The smallest absolute Gasteiger partial charge is 0.309 e. The molecule has 0 aromatic rings. The maximum Gasteiger partial charge on any atom is 0.309 e. The summed E-state index contributed by atoms with van der Waals surface area (Å²) in [6.45, 7) is 6.35. The average Bonchev–Trinajstić information content (AvgIpc) is 3.12. The Balaban J connectivity index is 4.41. The van der Waals surface area contributed by atoms with Crippen molar-refractivity contribution in [2.45, 2.75) is 207 Å². The molecule has 0 rings (SSSR count). The molecule has 294 valence electrons. The molecule has 6 heteroatoms. The third-order valence-electron chi connectivity index (χ3n) is 8.85. The van der Waals surface area contributed by atoms with Crippen LogP contribution in [0.5, 0.6) is 0 Å². The highest BCUT2D eigenvalue weighted by atomic mass is 16.6. The van der Waals surface area contributed by atoms with Gasteiger partial charge < -0.3 is 14.2 Å². The maximum atomic E-state index is 12.6. The van der Waals surface area contributed by atoms with Gasteiger partial charge in [0.05, 0.1) is 6.42 Å². The van der Waals surface area contributed by atoms with Crippen LogP contribution >= 0.6 is 0 Å². The highest BCUT2D eigenvalue weighted by Gasteiger charge is 2.19. The van der Waals surface area contributed by atoms with E-state index in [2.05, 4.69) is 57.2 Å². The first kappa shape index (κ1) is 48.4. The summed E-state index contributed by atoms with van der Waals surface area (Å²) in [5, 5.41) is 0. The van der Waals surface area contributed by atoms with E-state index in [-0.39, 0.29) is 31.6 Å². The lowest BCUT2D eigenvalue weighted by molar-refractivity contribution is -0.166. The quantitative estimate of drug-likeness (QED) is 0.0276. The van der Waals surface area contributed by atoms with Crippen LogP contribution in [0.1, 0.15) is 201 Å². The molecule has 0 spiro atoms. The Hall–Kier alpha value is -2.63. The van der Waals surface area contributed by atoms with Crippen LogP contribution in [-0.2, 0) is 28.6 Å². The van der Waals surface area contributed by atoms with Crippen LogP contribution in [0.2, 0.25) is 0 Å². The molecule has 1 atom stereocenters. The first-order valence-corrected chi connectivity index (χ1v) is 21.1. The van der Waals surface area contributed by atoms with Crippen LogP contribution in [0, 0.1) is 0 Å². The zero-order valence-electron chi connectivity index (χ0n) is 33.4. The normalized spacial score (nSPS) is 12.5. The Morgan fingerprint density at radius 1 is 0.431 bits per heavy atom. The topological polar surface area (TPSA) is 78.9 Å². The second kappa shape index (κ2) is 40.1. The summed E-state index contributed by atoms with van der Waals surface area (Å²) in [5.74, 6) is -1.05. The standard InChI is InChI=1S/C45H78O6/c1-4-7-10-13-16-19-21-22-23-24-27-29-32-35-38-44(47)50-41-42(40-49-43(46)37-34-31-28-25-18-15-12-9-6-3)51-45(48)39-36-33-30-26-20-17-14-11-8-5-2/h9,12,14,17-18,25,31,34,42H,4-8,10-11,13,15-16,19-24,26-30,32-33,35-41H2,1-3H3/b12-9-,17-14-,25-18-,34-31-. The second-order valence-electron chi connectivity index (χ2n) is 13.9. The van der Waals surface area contributed by atoms with Gasteiger partial charge in [0.15, 0.2) is 6.10 Å². The van der Waals surface area contributed by atoms with Crippen LogP contribution in [0.25, 0.3) is 0 Å². The lowest BCUT2D eigenvalue weighted by Crippen LogP contribution is -2.30. The van der Waals surface area contributed by atoms with E-state index in [0.717, 1.165) is 77.0 Å². The molecular weight excluding hydrogens is 636 g/mol. The minimum atomic E-state index is -0.807. The average molecular weight is 715 g/mol. The minimum absolute atomic E-state index is 0.103. The fourth-order valence-corrected chi connectivity index (χ4v) is 5.66. The monoisotopic (exact) mass is 715 g/mol. The van der Waals surface area contributed by atoms with Gasteiger partial charge in [-0.2, -0.15) is 0 Å². The largest absolute Gasteiger partial charge is 0.462 e. The molecule has 0 aromatic heterocycles. The van der Waals surface area contributed by atoms with Crippen molar-refractivity contribution in [3.8, 4) is 0 Å². The van der Waals surface area contributed by atoms with E-state index < -0.39 is 12.1 Å². The first-order chi connectivity index (χ1) is 25.0. The lowest BCUT2D eigenvalue weighted by atomic mass is 10.0. The van der Waals surface area contributed by atoms with Gasteiger partial charge in [-0.15, -0.1) is 0 Å². The summed E-state index contributed by atoms with van der Waals surface area (Å²) in [7, 11) is 0. The lowest BCUT2D eigenvalue weighted by Gasteiger charge is -2.18. The molecular formula is C45H78O6. The van der Waals surface area contributed by atoms with Gasteiger partial charge in [-0.1, -0.05) is 179 Å². The second-order valence-corrected chi connectivity index (χ2v) is 13.9. The summed E-state index contributed by atoms with van der Waals surface area (Å²) in [5.41, 5.74) is 0. The fourth-order valence-electron chi connectivity index (χ4n) is 5.66. The molecule has 0 fully saturated rings. The van der Waals surface area contributed by atoms with E-state index in [1.54, 1.807) is 6.08 Å². The SMILES string of the molecule is CC/C=C\C/C=C\C/C=C\CC(=O)OCC(COC(=O)CCCCCCCCCCCCCCCC)OC(=O)CCCCCC/C=C\CCCC. The molecule has 1 unspecified atom stereocenters. The zero-order chi connectivity index (χ0) is 37.3. The van der Waals surface area contributed by atoms with Gasteiger partial charge in [0, 0.05) is 12.8 Å². The molecule has 0 heterocycles. The van der Waals surface area contributed by atoms with Crippen molar-refractivity contribution >= 4 is 17.9 Å². The van der Waals surface area contributed by atoms with Crippen molar-refractivity contribution in [3.05, 3.63) is 48.6 Å². The molecule has 0 bridgehead atoms. The van der Waals surface area contributed by atoms with Gasteiger partial charge in [0.25, 0.3) is 0 Å². The van der Waals surface area contributed by atoms with Gasteiger partial charge in [-0.05, 0) is 51.4 Å². The van der Waals surface area contributed by atoms with Crippen molar-refractivity contribution in [3.63, 3.8) is 0 Å². The molecule has 51 heavy (non-hydrogen) atoms.